The predicted octanol–water partition coefficient (Wildman–Crippen LogP) is 5.17. The number of halogens is 2. The van der Waals surface area contributed by atoms with Crippen LogP contribution in [-0.4, -0.2) is 35.4 Å². The quantitative estimate of drug-likeness (QED) is 0.478. The highest BCUT2D eigenvalue weighted by atomic mass is 35.5. The van der Waals surface area contributed by atoms with E-state index in [0.717, 1.165) is 24.1 Å². The molecule has 1 aromatic heterocycles. The largest absolute Gasteiger partial charge is 0.482 e. The van der Waals surface area contributed by atoms with Gasteiger partial charge in [0.2, 0.25) is 0 Å². The zero-order chi connectivity index (χ0) is 22.8. The van der Waals surface area contributed by atoms with Gasteiger partial charge in [0.1, 0.15) is 5.75 Å². The summed E-state index contributed by atoms with van der Waals surface area (Å²) in [6.45, 7) is 1.66. The van der Waals surface area contributed by atoms with Gasteiger partial charge in [-0.2, -0.15) is 5.10 Å². The number of ether oxygens (including phenoxy) is 2. The molecule has 0 aliphatic heterocycles. The lowest BCUT2D eigenvalue weighted by molar-refractivity contribution is -0.142. The minimum absolute atomic E-state index is 0.182. The van der Waals surface area contributed by atoms with E-state index in [1.807, 2.05) is 6.92 Å². The summed E-state index contributed by atoms with van der Waals surface area (Å²) in [5.74, 6) is 0.0370. The van der Waals surface area contributed by atoms with Crippen LogP contribution in [0.5, 0.6) is 5.75 Å². The van der Waals surface area contributed by atoms with Crippen molar-refractivity contribution in [3.63, 3.8) is 0 Å². The lowest BCUT2D eigenvalue weighted by Crippen LogP contribution is -2.15. The molecular formula is C23H21Cl2N3O4. The van der Waals surface area contributed by atoms with E-state index in [2.05, 4.69) is 15.2 Å². The van der Waals surface area contributed by atoms with E-state index in [0.29, 0.717) is 32.7 Å². The fourth-order valence-corrected chi connectivity index (χ4v) is 3.87. The molecule has 3 aromatic rings. The Morgan fingerprint density at radius 2 is 1.97 bits per heavy atom. The third-order valence-electron chi connectivity index (χ3n) is 5.18. The van der Waals surface area contributed by atoms with Crippen molar-refractivity contribution in [3.8, 4) is 11.4 Å². The molecule has 32 heavy (non-hydrogen) atoms. The van der Waals surface area contributed by atoms with Crippen molar-refractivity contribution in [3.05, 3.63) is 69.5 Å². The fraction of sp³-hybridized carbons (Fsp3) is 0.261. The molecule has 1 fully saturated rings. The number of hydrogen-bond donors (Lipinski definition) is 1. The SMILES string of the molecule is COC(=O)COc1ccc(NC(=O)c2cnn(-c3ccc(Cl)cc3Cl)c2C2CC2)c(C)c1. The molecular weight excluding hydrogens is 453 g/mol. The molecule has 0 atom stereocenters. The summed E-state index contributed by atoms with van der Waals surface area (Å²) in [7, 11) is 1.30. The van der Waals surface area contributed by atoms with Crippen LogP contribution >= 0.6 is 23.2 Å². The Labute approximate surface area is 195 Å². The minimum Gasteiger partial charge on any atom is -0.482 e. The number of nitrogens with one attached hydrogen (secondary N) is 1. The van der Waals surface area contributed by atoms with Gasteiger partial charge < -0.3 is 14.8 Å². The van der Waals surface area contributed by atoms with Gasteiger partial charge in [-0.1, -0.05) is 23.2 Å². The maximum atomic E-state index is 13.1. The highest BCUT2D eigenvalue weighted by Crippen LogP contribution is 2.43. The molecule has 1 saturated carbocycles. The highest BCUT2D eigenvalue weighted by Gasteiger charge is 2.33. The number of carbonyl (C=O) groups excluding carboxylic acids is 2. The monoisotopic (exact) mass is 473 g/mol. The molecule has 7 nitrogen and oxygen atoms in total. The van der Waals surface area contributed by atoms with Gasteiger partial charge in [0.25, 0.3) is 5.91 Å². The number of anilines is 1. The van der Waals surface area contributed by atoms with Crippen LogP contribution in [0, 0.1) is 6.92 Å². The van der Waals surface area contributed by atoms with E-state index < -0.39 is 5.97 Å². The van der Waals surface area contributed by atoms with Gasteiger partial charge in [0.05, 0.1) is 35.3 Å². The summed E-state index contributed by atoms with van der Waals surface area (Å²) in [6.07, 6.45) is 3.54. The molecule has 2 aromatic carbocycles. The molecule has 0 unspecified atom stereocenters. The summed E-state index contributed by atoms with van der Waals surface area (Å²) >= 11 is 12.4. The second-order valence-electron chi connectivity index (χ2n) is 7.52. The topological polar surface area (TPSA) is 82.4 Å². The number of carbonyl (C=O) groups is 2. The van der Waals surface area contributed by atoms with Gasteiger partial charge in [0, 0.05) is 16.6 Å². The maximum Gasteiger partial charge on any atom is 0.343 e. The zero-order valence-corrected chi connectivity index (χ0v) is 19.0. The smallest absolute Gasteiger partial charge is 0.343 e. The highest BCUT2D eigenvalue weighted by molar-refractivity contribution is 6.35. The molecule has 1 heterocycles. The first-order valence-electron chi connectivity index (χ1n) is 10.0. The molecule has 0 bridgehead atoms. The summed E-state index contributed by atoms with van der Waals surface area (Å²) in [5, 5.41) is 8.40. The van der Waals surface area contributed by atoms with Gasteiger partial charge in [-0.15, -0.1) is 0 Å². The van der Waals surface area contributed by atoms with Crippen LogP contribution in [0.15, 0.2) is 42.6 Å². The van der Waals surface area contributed by atoms with Crippen molar-refractivity contribution < 1.29 is 19.1 Å². The van der Waals surface area contributed by atoms with Crippen LogP contribution in [0.25, 0.3) is 5.69 Å². The number of methoxy groups -OCH3 is 1. The maximum absolute atomic E-state index is 13.1. The third kappa shape index (κ3) is 4.74. The van der Waals surface area contributed by atoms with Crippen molar-refractivity contribution in [2.75, 3.05) is 19.0 Å². The normalized spacial score (nSPS) is 13.0. The summed E-state index contributed by atoms with van der Waals surface area (Å²) < 4.78 is 11.7. The molecule has 0 radical (unpaired) electrons. The van der Waals surface area contributed by atoms with Crippen LogP contribution in [0.2, 0.25) is 10.0 Å². The first-order valence-corrected chi connectivity index (χ1v) is 10.8. The average Bonchev–Trinajstić information content (AvgIpc) is 3.52. The molecule has 0 saturated heterocycles. The Morgan fingerprint density at radius 1 is 1.19 bits per heavy atom. The Bertz CT molecular complexity index is 1190. The number of hydrogen-bond acceptors (Lipinski definition) is 5. The van der Waals surface area contributed by atoms with Crippen LogP contribution in [0.3, 0.4) is 0 Å². The second kappa shape index (κ2) is 9.22. The second-order valence-corrected chi connectivity index (χ2v) is 8.36. The minimum atomic E-state index is -0.467. The van der Waals surface area contributed by atoms with Gasteiger partial charge in [-0.05, 0) is 61.7 Å². The summed E-state index contributed by atoms with van der Waals surface area (Å²) in [4.78, 5) is 24.4. The number of rotatable bonds is 7. The lowest BCUT2D eigenvalue weighted by atomic mass is 10.1. The van der Waals surface area contributed by atoms with Crippen molar-refractivity contribution in [1.82, 2.24) is 9.78 Å². The number of aryl methyl sites for hydroxylation is 1. The molecule has 166 valence electrons. The molecule has 0 spiro atoms. The summed E-state index contributed by atoms with van der Waals surface area (Å²) in [5.41, 5.74) is 3.45. The lowest BCUT2D eigenvalue weighted by Gasteiger charge is -2.13. The predicted molar refractivity (Wildman–Crippen MR) is 122 cm³/mol. The third-order valence-corrected chi connectivity index (χ3v) is 5.72. The van der Waals surface area contributed by atoms with E-state index >= 15 is 0 Å². The van der Waals surface area contributed by atoms with Gasteiger partial charge >= 0.3 is 5.97 Å². The van der Waals surface area contributed by atoms with E-state index in [1.54, 1.807) is 47.3 Å². The standard InChI is InChI=1S/C23H21Cl2N3O4/c1-13-9-16(32-12-21(29)31-2)6-7-19(13)27-23(30)17-11-26-28(22(17)14-3-4-14)20-8-5-15(24)10-18(20)25/h5-11,14H,3-4,12H2,1-2H3,(H,27,30). The zero-order valence-electron chi connectivity index (χ0n) is 17.5. The van der Waals surface area contributed by atoms with Crippen LogP contribution < -0.4 is 10.1 Å². The van der Waals surface area contributed by atoms with Crippen LogP contribution in [0.1, 0.15) is 40.4 Å². The number of esters is 1. The number of amides is 1. The Hall–Kier alpha value is -3.03. The first-order chi connectivity index (χ1) is 15.4. The molecule has 1 N–H and O–H groups in total. The average molecular weight is 474 g/mol. The van der Waals surface area contributed by atoms with Gasteiger partial charge in [-0.3, -0.25) is 4.79 Å². The van der Waals surface area contributed by atoms with Crippen molar-refractivity contribution in [2.45, 2.75) is 25.7 Å². The Morgan fingerprint density at radius 3 is 2.62 bits per heavy atom. The van der Waals surface area contributed by atoms with Crippen molar-refractivity contribution in [1.29, 1.82) is 0 Å². The van der Waals surface area contributed by atoms with Crippen LogP contribution in [-0.2, 0) is 9.53 Å². The van der Waals surface area contributed by atoms with E-state index in [-0.39, 0.29) is 18.4 Å². The van der Waals surface area contributed by atoms with E-state index in [1.165, 1.54) is 7.11 Å². The number of aromatic nitrogens is 2. The Kier molecular flexibility index (Phi) is 6.39. The van der Waals surface area contributed by atoms with E-state index in [4.69, 9.17) is 27.9 Å². The summed E-state index contributed by atoms with van der Waals surface area (Å²) in [6, 6.07) is 10.4. The molecule has 9 heteroatoms. The molecule has 1 aliphatic rings. The first kappa shape index (κ1) is 22.2. The van der Waals surface area contributed by atoms with Crippen LogP contribution in [0.4, 0.5) is 5.69 Å². The number of nitrogens with zero attached hydrogens (tertiary/aromatic N) is 2. The number of benzene rings is 2. The van der Waals surface area contributed by atoms with Crippen molar-refractivity contribution >= 4 is 40.8 Å². The molecule has 4 rings (SSSR count). The molecule has 1 aliphatic carbocycles. The van der Waals surface area contributed by atoms with Gasteiger partial charge in [-0.25, -0.2) is 9.48 Å². The van der Waals surface area contributed by atoms with E-state index in [9.17, 15) is 9.59 Å². The van der Waals surface area contributed by atoms with Crippen molar-refractivity contribution in [2.24, 2.45) is 0 Å². The Balaban J connectivity index is 1.57. The van der Waals surface area contributed by atoms with Gasteiger partial charge in [0.15, 0.2) is 6.61 Å². The molecule has 1 amide bonds. The fourth-order valence-electron chi connectivity index (χ4n) is 3.38.